The molecule has 1 aromatic carbocycles. The standard InChI is InChI=1S/C18H22FN5O2/c19-17-4-2-1-3-14(17)11-26-12-16(25)10-23-7-5-15(6-8-23)24-13-21-18(9-20)22-24/h1-4,13,15-16,25H,5-8,10-12H2. The normalized spacial score (nSPS) is 17.1. The van der Waals surface area contributed by atoms with Crippen molar-refractivity contribution in [3.05, 3.63) is 47.8 Å². The lowest BCUT2D eigenvalue weighted by atomic mass is 10.1. The monoisotopic (exact) mass is 359 g/mol. The second-order valence-corrected chi connectivity index (χ2v) is 6.45. The van der Waals surface area contributed by atoms with E-state index in [1.807, 2.05) is 6.07 Å². The summed E-state index contributed by atoms with van der Waals surface area (Å²) in [5.41, 5.74) is 0.491. The van der Waals surface area contributed by atoms with Crippen LogP contribution in [0.25, 0.3) is 0 Å². The maximum absolute atomic E-state index is 13.5. The number of aromatic nitrogens is 3. The molecule has 1 aliphatic rings. The second-order valence-electron chi connectivity index (χ2n) is 6.45. The molecule has 0 spiro atoms. The molecule has 1 N–H and O–H groups in total. The minimum atomic E-state index is -0.616. The number of nitrogens with zero attached hydrogens (tertiary/aromatic N) is 5. The van der Waals surface area contributed by atoms with Gasteiger partial charge in [0.1, 0.15) is 18.2 Å². The lowest BCUT2D eigenvalue weighted by Gasteiger charge is -2.32. The van der Waals surface area contributed by atoms with Gasteiger partial charge in [-0.3, -0.25) is 0 Å². The fourth-order valence-electron chi connectivity index (χ4n) is 3.14. The van der Waals surface area contributed by atoms with Crippen LogP contribution in [0.5, 0.6) is 0 Å². The van der Waals surface area contributed by atoms with Crippen LogP contribution in [0.3, 0.4) is 0 Å². The molecule has 8 heteroatoms. The van der Waals surface area contributed by atoms with Crippen molar-refractivity contribution in [1.29, 1.82) is 5.26 Å². The third-order valence-electron chi connectivity index (χ3n) is 4.53. The number of piperidine rings is 1. The Morgan fingerprint density at radius 2 is 2.12 bits per heavy atom. The first kappa shape index (κ1) is 18.5. The molecule has 7 nitrogen and oxygen atoms in total. The summed E-state index contributed by atoms with van der Waals surface area (Å²) in [4.78, 5) is 6.11. The zero-order valence-electron chi connectivity index (χ0n) is 14.5. The predicted octanol–water partition coefficient (Wildman–Crippen LogP) is 1.50. The van der Waals surface area contributed by atoms with Gasteiger partial charge in [0.25, 0.3) is 5.82 Å². The third-order valence-corrected chi connectivity index (χ3v) is 4.53. The summed E-state index contributed by atoms with van der Waals surface area (Å²) in [5, 5.41) is 23.1. The van der Waals surface area contributed by atoms with Crippen LogP contribution in [0.2, 0.25) is 0 Å². The first-order chi connectivity index (χ1) is 12.7. The summed E-state index contributed by atoms with van der Waals surface area (Å²) in [7, 11) is 0. The van der Waals surface area contributed by atoms with Crippen molar-refractivity contribution in [1.82, 2.24) is 19.7 Å². The molecule has 1 fully saturated rings. The molecule has 0 saturated carbocycles. The van der Waals surface area contributed by atoms with Crippen molar-refractivity contribution < 1.29 is 14.2 Å². The summed E-state index contributed by atoms with van der Waals surface area (Å²) in [6.07, 6.45) is 2.76. The smallest absolute Gasteiger partial charge is 0.252 e. The van der Waals surface area contributed by atoms with Crippen LogP contribution in [0, 0.1) is 17.1 Å². The Labute approximate surface area is 151 Å². The third kappa shape index (κ3) is 4.85. The van der Waals surface area contributed by atoms with E-state index in [0.29, 0.717) is 12.1 Å². The van der Waals surface area contributed by atoms with Gasteiger partial charge in [0.05, 0.1) is 25.4 Å². The molecule has 2 aromatic rings. The topological polar surface area (TPSA) is 87.2 Å². The van der Waals surface area contributed by atoms with Crippen LogP contribution >= 0.6 is 0 Å². The Hall–Kier alpha value is -2.34. The van der Waals surface area contributed by atoms with Crippen LogP contribution in [-0.4, -0.2) is 57.1 Å². The van der Waals surface area contributed by atoms with E-state index >= 15 is 0 Å². The van der Waals surface area contributed by atoms with Gasteiger partial charge in [0.15, 0.2) is 0 Å². The van der Waals surface area contributed by atoms with Crippen LogP contribution < -0.4 is 0 Å². The zero-order valence-corrected chi connectivity index (χ0v) is 14.5. The average molecular weight is 359 g/mol. The van der Waals surface area contributed by atoms with Gasteiger partial charge in [-0.1, -0.05) is 18.2 Å². The van der Waals surface area contributed by atoms with E-state index in [0.717, 1.165) is 25.9 Å². The fraction of sp³-hybridized carbons (Fsp3) is 0.500. The number of rotatable bonds is 7. The van der Waals surface area contributed by atoms with Crippen molar-refractivity contribution >= 4 is 0 Å². The maximum Gasteiger partial charge on any atom is 0.252 e. The number of likely N-dealkylation sites (tertiary alicyclic amines) is 1. The van der Waals surface area contributed by atoms with E-state index in [1.165, 1.54) is 6.07 Å². The van der Waals surface area contributed by atoms with Gasteiger partial charge in [-0.2, -0.15) is 5.26 Å². The van der Waals surface area contributed by atoms with E-state index in [-0.39, 0.29) is 30.9 Å². The van der Waals surface area contributed by atoms with E-state index < -0.39 is 6.10 Å². The molecule has 1 aliphatic heterocycles. The van der Waals surface area contributed by atoms with E-state index in [2.05, 4.69) is 15.0 Å². The van der Waals surface area contributed by atoms with Crippen molar-refractivity contribution in [2.24, 2.45) is 0 Å². The van der Waals surface area contributed by atoms with Gasteiger partial charge in [0, 0.05) is 25.2 Å². The first-order valence-electron chi connectivity index (χ1n) is 8.68. The van der Waals surface area contributed by atoms with E-state index in [4.69, 9.17) is 10.00 Å². The van der Waals surface area contributed by atoms with Crippen molar-refractivity contribution in [3.63, 3.8) is 0 Å². The number of hydrogen-bond acceptors (Lipinski definition) is 6. The second kappa shape index (κ2) is 8.85. The Kier molecular flexibility index (Phi) is 6.28. The highest BCUT2D eigenvalue weighted by Crippen LogP contribution is 2.21. The number of benzene rings is 1. The van der Waals surface area contributed by atoms with E-state index in [1.54, 1.807) is 29.2 Å². The lowest BCUT2D eigenvalue weighted by Crippen LogP contribution is -2.40. The quantitative estimate of drug-likeness (QED) is 0.806. The Balaban J connectivity index is 1.37. The number of nitriles is 1. The van der Waals surface area contributed by atoms with Crippen molar-refractivity contribution in [3.8, 4) is 6.07 Å². The Bertz CT molecular complexity index is 752. The van der Waals surface area contributed by atoms with Gasteiger partial charge >= 0.3 is 0 Å². The lowest BCUT2D eigenvalue weighted by molar-refractivity contribution is 0.00389. The zero-order chi connectivity index (χ0) is 18.4. The highest BCUT2D eigenvalue weighted by molar-refractivity contribution is 5.16. The van der Waals surface area contributed by atoms with Crippen LogP contribution in [-0.2, 0) is 11.3 Å². The van der Waals surface area contributed by atoms with Gasteiger partial charge in [-0.25, -0.2) is 14.1 Å². The number of hydrogen-bond donors (Lipinski definition) is 1. The number of aliphatic hydroxyl groups excluding tert-OH is 1. The number of aliphatic hydroxyl groups is 1. The van der Waals surface area contributed by atoms with Crippen molar-refractivity contribution in [2.75, 3.05) is 26.2 Å². The van der Waals surface area contributed by atoms with Crippen LogP contribution in [0.15, 0.2) is 30.6 Å². The molecule has 0 radical (unpaired) electrons. The van der Waals surface area contributed by atoms with E-state index in [9.17, 15) is 9.50 Å². The molecule has 1 atom stereocenters. The molecule has 1 saturated heterocycles. The molecule has 1 aromatic heterocycles. The van der Waals surface area contributed by atoms with Gasteiger partial charge in [0.2, 0.25) is 0 Å². The molecule has 26 heavy (non-hydrogen) atoms. The molecule has 1 unspecified atom stereocenters. The summed E-state index contributed by atoms with van der Waals surface area (Å²) in [6.45, 7) is 2.50. The fourth-order valence-corrected chi connectivity index (χ4v) is 3.14. The van der Waals surface area contributed by atoms with Gasteiger partial charge in [-0.05, 0) is 18.9 Å². The molecule has 3 rings (SSSR count). The number of halogens is 1. The first-order valence-corrected chi connectivity index (χ1v) is 8.68. The maximum atomic E-state index is 13.5. The predicted molar refractivity (Wildman–Crippen MR) is 91.5 cm³/mol. The molecular weight excluding hydrogens is 337 g/mol. The van der Waals surface area contributed by atoms with Gasteiger partial charge in [-0.15, -0.1) is 5.10 Å². The van der Waals surface area contributed by atoms with Gasteiger partial charge < -0.3 is 14.7 Å². The minimum absolute atomic E-state index is 0.152. The molecule has 0 bridgehead atoms. The van der Waals surface area contributed by atoms with Crippen molar-refractivity contribution in [2.45, 2.75) is 31.6 Å². The molecular formula is C18H22FN5O2. The summed E-state index contributed by atoms with van der Waals surface area (Å²) in [6, 6.07) is 8.63. The summed E-state index contributed by atoms with van der Waals surface area (Å²) < 4.78 is 20.7. The molecule has 0 aliphatic carbocycles. The SMILES string of the molecule is N#Cc1ncn(C2CCN(CC(O)COCc3ccccc3F)CC2)n1. The number of β-amino-alcohol motifs (C(OH)–C–C–N with tert-alkyl or cyclic N) is 1. The molecule has 138 valence electrons. The molecule has 2 heterocycles. The largest absolute Gasteiger partial charge is 0.389 e. The Morgan fingerprint density at radius 1 is 1.35 bits per heavy atom. The summed E-state index contributed by atoms with van der Waals surface area (Å²) >= 11 is 0. The van der Waals surface area contributed by atoms with Crippen LogP contribution in [0.1, 0.15) is 30.3 Å². The molecule has 0 amide bonds. The highest BCUT2D eigenvalue weighted by atomic mass is 19.1. The Morgan fingerprint density at radius 3 is 2.81 bits per heavy atom. The number of ether oxygens (including phenoxy) is 1. The summed E-state index contributed by atoms with van der Waals surface area (Å²) in [5.74, 6) is -0.105. The minimum Gasteiger partial charge on any atom is -0.389 e. The average Bonchev–Trinajstić information content (AvgIpc) is 3.13. The highest BCUT2D eigenvalue weighted by Gasteiger charge is 2.23. The van der Waals surface area contributed by atoms with Crippen LogP contribution in [0.4, 0.5) is 4.39 Å².